The zero-order valence-corrected chi connectivity index (χ0v) is 19.9. The van der Waals surface area contributed by atoms with E-state index in [0.717, 1.165) is 10.4 Å². The SMILES string of the molecule is CC(C)N(CC(=O)N1CCc2sccc2[C@@H]1COc1ccccc1F)C(=O)c1ccccc1F. The Balaban J connectivity index is 1.55. The smallest absolute Gasteiger partial charge is 0.257 e. The lowest BCUT2D eigenvalue weighted by Crippen LogP contribution is -2.49. The molecular weight excluding hydrogens is 458 g/mol. The highest BCUT2D eigenvalue weighted by Gasteiger charge is 2.34. The van der Waals surface area contributed by atoms with E-state index >= 15 is 0 Å². The van der Waals surface area contributed by atoms with Gasteiger partial charge in [-0.05, 0) is 61.5 Å². The Morgan fingerprint density at radius 3 is 2.50 bits per heavy atom. The maximum atomic E-state index is 14.3. The average Bonchev–Trinajstić information content (AvgIpc) is 3.30. The minimum absolute atomic E-state index is 0.0674. The summed E-state index contributed by atoms with van der Waals surface area (Å²) >= 11 is 1.62. The van der Waals surface area contributed by atoms with Crippen LogP contribution in [-0.2, 0) is 11.2 Å². The molecule has 8 heteroatoms. The number of halogens is 2. The van der Waals surface area contributed by atoms with Gasteiger partial charge in [0.05, 0.1) is 11.6 Å². The Morgan fingerprint density at radius 1 is 1.09 bits per heavy atom. The van der Waals surface area contributed by atoms with E-state index in [4.69, 9.17) is 4.74 Å². The normalized spacial score (nSPS) is 15.2. The van der Waals surface area contributed by atoms with Gasteiger partial charge in [-0.25, -0.2) is 8.78 Å². The van der Waals surface area contributed by atoms with Crippen LogP contribution >= 0.6 is 11.3 Å². The molecule has 0 radical (unpaired) electrons. The number of benzene rings is 2. The van der Waals surface area contributed by atoms with Gasteiger partial charge in [0.25, 0.3) is 5.91 Å². The van der Waals surface area contributed by atoms with E-state index in [1.807, 2.05) is 11.4 Å². The number of carbonyl (C=O) groups excluding carboxylic acids is 2. The standard InChI is InChI=1S/C26H26F2N2O3S/c1-17(2)30(26(32)18-7-3-4-8-20(18)27)15-25(31)29-13-11-24-19(12-14-34-24)22(29)16-33-23-10-6-5-9-21(23)28/h3-10,12,14,17,22H,11,13,15-16H2,1-2H3/t22-/m0/s1. The van der Waals surface area contributed by atoms with Crippen LogP contribution in [0.25, 0.3) is 0 Å². The van der Waals surface area contributed by atoms with Crippen molar-refractivity contribution < 1.29 is 23.1 Å². The molecule has 1 atom stereocenters. The summed E-state index contributed by atoms with van der Waals surface area (Å²) in [6.45, 7) is 3.92. The second kappa shape index (κ2) is 10.3. The van der Waals surface area contributed by atoms with Crippen molar-refractivity contribution in [3.05, 3.63) is 87.6 Å². The summed E-state index contributed by atoms with van der Waals surface area (Å²) in [4.78, 5) is 30.7. The van der Waals surface area contributed by atoms with E-state index in [0.29, 0.717) is 13.0 Å². The third-order valence-corrected chi connectivity index (χ3v) is 6.94. The molecule has 2 amide bonds. The van der Waals surface area contributed by atoms with Gasteiger partial charge in [-0.3, -0.25) is 9.59 Å². The Bertz CT molecular complexity index is 1180. The Hall–Kier alpha value is -3.26. The number of rotatable bonds is 7. The number of fused-ring (bicyclic) bond motifs is 1. The van der Waals surface area contributed by atoms with E-state index in [2.05, 4.69) is 0 Å². The second-order valence-electron chi connectivity index (χ2n) is 8.40. The minimum atomic E-state index is -0.623. The summed E-state index contributed by atoms with van der Waals surface area (Å²) in [6, 6.07) is 13.1. The van der Waals surface area contributed by atoms with Gasteiger partial charge >= 0.3 is 0 Å². The molecule has 1 aromatic heterocycles. The lowest BCUT2D eigenvalue weighted by Gasteiger charge is -2.37. The van der Waals surface area contributed by atoms with Crippen LogP contribution in [-0.4, -0.2) is 47.4 Å². The highest BCUT2D eigenvalue weighted by atomic mass is 32.1. The molecule has 0 bridgehead atoms. The van der Waals surface area contributed by atoms with Gasteiger partial charge in [-0.2, -0.15) is 0 Å². The van der Waals surface area contributed by atoms with Gasteiger partial charge in [0.15, 0.2) is 11.6 Å². The molecule has 178 valence electrons. The summed E-state index contributed by atoms with van der Waals surface area (Å²) in [5.74, 6) is -1.77. The number of ether oxygens (including phenoxy) is 1. The Kier molecular flexibility index (Phi) is 7.26. The van der Waals surface area contributed by atoms with Gasteiger partial charge in [0.2, 0.25) is 5.91 Å². The largest absolute Gasteiger partial charge is 0.488 e. The first-order chi connectivity index (χ1) is 16.4. The monoisotopic (exact) mass is 484 g/mol. The van der Waals surface area contributed by atoms with Crippen LogP contribution in [0.4, 0.5) is 8.78 Å². The molecule has 0 unspecified atom stereocenters. The average molecular weight is 485 g/mol. The molecule has 34 heavy (non-hydrogen) atoms. The van der Waals surface area contributed by atoms with Gasteiger partial charge in [0, 0.05) is 17.5 Å². The number of thiophene rings is 1. The van der Waals surface area contributed by atoms with Crippen LogP contribution in [0.1, 0.15) is 40.7 Å². The summed E-state index contributed by atoms with van der Waals surface area (Å²) in [7, 11) is 0. The number of nitrogens with zero attached hydrogens (tertiary/aromatic N) is 2. The fourth-order valence-electron chi connectivity index (χ4n) is 4.12. The molecule has 0 N–H and O–H groups in total. The van der Waals surface area contributed by atoms with Gasteiger partial charge in [0.1, 0.15) is 19.0 Å². The van der Waals surface area contributed by atoms with E-state index in [9.17, 15) is 18.4 Å². The number of amides is 2. The third kappa shape index (κ3) is 4.97. The van der Waals surface area contributed by atoms with Gasteiger partial charge in [-0.1, -0.05) is 24.3 Å². The molecule has 1 aliphatic rings. The Morgan fingerprint density at radius 2 is 1.79 bits per heavy atom. The number of carbonyl (C=O) groups is 2. The summed E-state index contributed by atoms with van der Waals surface area (Å²) < 4.78 is 34.1. The molecule has 1 aliphatic heterocycles. The molecular formula is C26H26F2N2O3S. The molecule has 0 saturated carbocycles. The minimum Gasteiger partial charge on any atom is -0.488 e. The van der Waals surface area contributed by atoms with Crippen molar-refractivity contribution in [3.8, 4) is 5.75 Å². The first-order valence-electron chi connectivity index (χ1n) is 11.2. The lowest BCUT2D eigenvalue weighted by atomic mass is 10.00. The van der Waals surface area contributed by atoms with E-state index in [1.165, 1.54) is 29.2 Å². The van der Waals surface area contributed by atoms with Crippen LogP contribution in [0.3, 0.4) is 0 Å². The van der Waals surface area contributed by atoms with Crippen molar-refractivity contribution in [3.63, 3.8) is 0 Å². The van der Waals surface area contributed by atoms with Crippen molar-refractivity contribution in [2.75, 3.05) is 19.7 Å². The first kappa shape index (κ1) is 23.9. The van der Waals surface area contributed by atoms with Crippen LogP contribution in [0.2, 0.25) is 0 Å². The molecule has 0 spiro atoms. The Labute approximate surface area is 201 Å². The van der Waals surface area contributed by atoms with Gasteiger partial charge in [-0.15, -0.1) is 11.3 Å². The highest BCUT2D eigenvalue weighted by Crippen LogP contribution is 2.34. The molecule has 5 nitrogen and oxygen atoms in total. The number of para-hydroxylation sites is 1. The maximum Gasteiger partial charge on any atom is 0.257 e. The van der Waals surface area contributed by atoms with Crippen molar-refractivity contribution in [2.45, 2.75) is 32.4 Å². The lowest BCUT2D eigenvalue weighted by molar-refractivity contribution is -0.136. The summed E-state index contributed by atoms with van der Waals surface area (Å²) in [5.41, 5.74) is 0.902. The van der Waals surface area contributed by atoms with Crippen LogP contribution < -0.4 is 4.74 Å². The summed E-state index contributed by atoms with van der Waals surface area (Å²) in [6.07, 6.45) is 0.692. The van der Waals surface area contributed by atoms with Crippen molar-refractivity contribution in [1.82, 2.24) is 9.80 Å². The molecule has 3 aromatic rings. The number of hydrogen-bond acceptors (Lipinski definition) is 4. The fourth-order valence-corrected chi connectivity index (χ4v) is 5.05. The maximum absolute atomic E-state index is 14.3. The molecule has 2 aromatic carbocycles. The van der Waals surface area contributed by atoms with Crippen molar-refractivity contribution in [1.29, 1.82) is 0 Å². The highest BCUT2D eigenvalue weighted by molar-refractivity contribution is 7.10. The van der Waals surface area contributed by atoms with Crippen molar-refractivity contribution in [2.24, 2.45) is 0 Å². The molecule has 0 fully saturated rings. The van der Waals surface area contributed by atoms with E-state index < -0.39 is 23.6 Å². The zero-order chi connectivity index (χ0) is 24.2. The zero-order valence-electron chi connectivity index (χ0n) is 19.0. The van der Waals surface area contributed by atoms with Gasteiger partial charge < -0.3 is 14.5 Å². The molecule has 0 aliphatic carbocycles. The fraction of sp³-hybridized carbons (Fsp3) is 0.308. The predicted octanol–water partition coefficient (Wildman–Crippen LogP) is 5.08. The number of hydrogen-bond donors (Lipinski definition) is 0. The van der Waals surface area contributed by atoms with Crippen LogP contribution in [0.5, 0.6) is 5.75 Å². The summed E-state index contributed by atoms with van der Waals surface area (Å²) in [5, 5.41) is 1.97. The van der Waals surface area contributed by atoms with E-state index in [-0.39, 0.29) is 36.4 Å². The second-order valence-corrected chi connectivity index (χ2v) is 9.40. The predicted molar refractivity (Wildman–Crippen MR) is 127 cm³/mol. The topological polar surface area (TPSA) is 49.9 Å². The molecule has 4 rings (SSSR count). The third-order valence-electron chi connectivity index (χ3n) is 5.94. The van der Waals surface area contributed by atoms with E-state index in [1.54, 1.807) is 54.3 Å². The molecule has 2 heterocycles. The van der Waals surface area contributed by atoms with Crippen molar-refractivity contribution >= 4 is 23.2 Å². The van der Waals surface area contributed by atoms with Crippen LogP contribution in [0.15, 0.2) is 60.0 Å². The molecule has 0 saturated heterocycles. The first-order valence-corrected chi connectivity index (χ1v) is 12.0. The van der Waals surface area contributed by atoms with Crippen LogP contribution in [0, 0.1) is 11.6 Å². The quantitative estimate of drug-likeness (QED) is 0.470.